The van der Waals surface area contributed by atoms with Crippen molar-refractivity contribution in [1.29, 1.82) is 0 Å². The zero-order chi connectivity index (χ0) is 15.4. The predicted molar refractivity (Wildman–Crippen MR) is 85.2 cm³/mol. The van der Waals surface area contributed by atoms with Crippen LogP contribution >= 0.6 is 0 Å². The number of hydrogen-bond donors (Lipinski definition) is 1. The number of carbonyl (C=O) groups is 1. The SMILES string of the molecule is CCC1CCC(C(=O)O)C(N(C)Cc2ccc(C)cc2)C1. The van der Waals surface area contributed by atoms with Gasteiger partial charge in [-0.1, -0.05) is 43.2 Å². The molecule has 0 heterocycles. The van der Waals surface area contributed by atoms with E-state index in [4.69, 9.17) is 0 Å². The fraction of sp³-hybridized carbons (Fsp3) is 0.611. The molecule has 3 unspecified atom stereocenters. The summed E-state index contributed by atoms with van der Waals surface area (Å²) in [5, 5.41) is 9.49. The molecule has 0 aromatic heterocycles. The number of aliphatic carboxylic acids is 1. The van der Waals surface area contributed by atoms with E-state index < -0.39 is 5.97 Å². The van der Waals surface area contributed by atoms with Gasteiger partial charge in [0, 0.05) is 12.6 Å². The zero-order valence-electron chi connectivity index (χ0n) is 13.4. The average molecular weight is 289 g/mol. The van der Waals surface area contributed by atoms with Crippen molar-refractivity contribution in [3.8, 4) is 0 Å². The van der Waals surface area contributed by atoms with Gasteiger partial charge in [0.2, 0.25) is 0 Å². The van der Waals surface area contributed by atoms with Crippen molar-refractivity contribution in [2.24, 2.45) is 11.8 Å². The Morgan fingerprint density at radius 2 is 1.95 bits per heavy atom. The van der Waals surface area contributed by atoms with E-state index in [1.807, 2.05) is 0 Å². The van der Waals surface area contributed by atoms with Gasteiger partial charge < -0.3 is 5.11 Å². The predicted octanol–water partition coefficient (Wildman–Crippen LogP) is 3.71. The third-order valence-electron chi connectivity index (χ3n) is 4.94. The summed E-state index contributed by atoms with van der Waals surface area (Å²) >= 11 is 0. The third-order valence-corrected chi connectivity index (χ3v) is 4.94. The van der Waals surface area contributed by atoms with Gasteiger partial charge in [0.15, 0.2) is 0 Å². The molecule has 0 radical (unpaired) electrons. The molecule has 1 aromatic rings. The standard InChI is InChI=1S/C18H27NO2/c1-4-14-9-10-16(18(20)21)17(11-14)19(3)12-15-7-5-13(2)6-8-15/h5-8,14,16-17H,4,9-12H2,1-3H3,(H,20,21). The van der Waals surface area contributed by atoms with Crippen molar-refractivity contribution in [3.63, 3.8) is 0 Å². The first kappa shape index (κ1) is 16.0. The minimum absolute atomic E-state index is 0.155. The molecule has 1 aliphatic carbocycles. The number of benzene rings is 1. The van der Waals surface area contributed by atoms with Crippen molar-refractivity contribution in [2.75, 3.05) is 7.05 Å². The highest BCUT2D eigenvalue weighted by molar-refractivity contribution is 5.71. The lowest BCUT2D eigenvalue weighted by molar-refractivity contribution is -0.146. The summed E-state index contributed by atoms with van der Waals surface area (Å²) in [4.78, 5) is 13.8. The Morgan fingerprint density at radius 3 is 2.52 bits per heavy atom. The summed E-state index contributed by atoms with van der Waals surface area (Å²) in [6.45, 7) is 5.12. The molecule has 3 nitrogen and oxygen atoms in total. The second-order valence-corrected chi connectivity index (χ2v) is 6.50. The molecule has 0 saturated heterocycles. The van der Waals surface area contributed by atoms with Gasteiger partial charge >= 0.3 is 5.97 Å². The van der Waals surface area contributed by atoms with Crippen LogP contribution in [-0.4, -0.2) is 29.1 Å². The van der Waals surface area contributed by atoms with Crippen LogP contribution < -0.4 is 0 Å². The average Bonchev–Trinajstić information content (AvgIpc) is 2.48. The first-order valence-corrected chi connectivity index (χ1v) is 7.99. The summed E-state index contributed by atoms with van der Waals surface area (Å²) in [7, 11) is 2.07. The van der Waals surface area contributed by atoms with Gasteiger partial charge in [-0.05, 0) is 44.7 Å². The summed E-state index contributed by atoms with van der Waals surface area (Å²) in [5.41, 5.74) is 2.51. The summed E-state index contributed by atoms with van der Waals surface area (Å²) in [5.74, 6) is -0.181. The summed E-state index contributed by atoms with van der Waals surface area (Å²) in [6, 6.07) is 8.67. The molecular formula is C18H27NO2. The molecule has 1 N–H and O–H groups in total. The van der Waals surface area contributed by atoms with Gasteiger partial charge in [-0.2, -0.15) is 0 Å². The lowest BCUT2D eigenvalue weighted by Crippen LogP contribution is -2.45. The molecule has 0 spiro atoms. The Bertz CT molecular complexity index is 469. The lowest BCUT2D eigenvalue weighted by atomic mass is 9.76. The van der Waals surface area contributed by atoms with Gasteiger partial charge in [0.05, 0.1) is 5.92 Å². The fourth-order valence-electron chi connectivity index (χ4n) is 3.48. The smallest absolute Gasteiger partial charge is 0.308 e. The van der Waals surface area contributed by atoms with Crippen molar-refractivity contribution in [3.05, 3.63) is 35.4 Å². The lowest BCUT2D eigenvalue weighted by Gasteiger charge is -2.39. The van der Waals surface area contributed by atoms with Crippen LogP contribution in [0.3, 0.4) is 0 Å². The highest BCUT2D eigenvalue weighted by Gasteiger charge is 2.36. The Labute approximate surface area is 128 Å². The molecule has 116 valence electrons. The van der Waals surface area contributed by atoms with Crippen molar-refractivity contribution in [1.82, 2.24) is 4.90 Å². The molecule has 0 amide bonds. The summed E-state index contributed by atoms with van der Waals surface area (Å²) in [6.07, 6.45) is 4.04. The van der Waals surface area contributed by atoms with Gasteiger partial charge in [-0.25, -0.2) is 0 Å². The third kappa shape index (κ3) is 4.07. The highest BCUT2D eigenvalue weighted by atomic mass is 16.4. The van der Waals surface area contributed by atoms with Crippen LogP contribution in [0.1, 0.15) is 43.7 Å². The first-order valence-electron chi connectivity index (χ1n) is 7.99. The van der Waals surface area contributed by atoms with Gasteiger partial charge in [0.25, 0.3) is 0 Å². The maximum Gasteiger partial charge on any atom is 0.308 e. The molecule has 0 bridgehead atoms. The van der Waals surface area contributed by atoms with E-state index >= 15 is 0 Å². The molecule has 21 heavy (non-hydrogen) atoms. The minimum atomic E-state index is -0.634. The van der Waals surface area contributed by atoms with E-state index in [-0.39, 0.29) is 12.0 Å². The molecule has 3 heteroatoms. The van der Waals surface area contributed by atoms with Crippen molar-refractivity contribution >= 4 is 5.97 Å². The van der Waals surface area contributed by atoms with Crippen LogP contribution in [0.5, 0.6) is 0 Å². The molecule has 1 aliphatic rings. The molecule has 1 saturated carbocycles. The monoisotopic (exact) mass is 289 g/mol. The van der Waals surface area contributed by atoms with Gasteiger partial charge in [0.1, 0.15) is 0 Å². The second kappa shape index (κ2) is 7.08. The van der Waals surface area contributed by atoms with Crippen LogP contribution in [-0.2, 0) is 11.3 Å². The second-order valence-electron chi connectivity index (χ2n) is 6.50. The Morgan fingerprint density at radius 1 is 1.29 bits per heavy atom. The Hall–Kier alpha value is -1.35. The van der Waals surface area contributed by atoms with E-state index in [9.17, 15) is 9.90 Å². The van der Waals surface area contributed by atoms with Crippen molar-refractivity contribution in [2.45, 2.75) is 52.1 Å². The van der Waals surface area contributed by atoms with E-state index in [1.54, 1.807) is 0 Å². The number of hydrogen-bond acceptors (Lipinski definition) is 2. The number of nitrogens with zero attached hydrogens (tertiary/aromatic N) is 1. The highest BCUT2D eigenvalue weighted by Crippen LogP contribution is 2.34. The molecular weight excluding hydrogens is 262 g/mol. The topological polar surface area (TPSA) is 40.5 Å². The number of carboxylic acids is 1. The van der Waals surface area contributed by atoms with Crippen molar-refractivity contribution < 1.29 is 9.90 Å². The normalized spacial score (nSPS) is 26.0. The Kier molecular flexibility index (Phi) is 5.40. The van der Waals surface area contributed by atoms with Gasteiger partial charge in [-0.15, -0.1) is 0 Å². The molecule has 2 rings (SSSR count). The molecule has 0 aliphatic heterocycles. The maximum atomic E-state index is 11.5. The van der Waals surface area contributed by atoms with E-state index in [0.717, 1.165) is 32.2 Å². The van der Waals surface area contributed by atoms with E-state index in [1.165, 1.54) is 11.1 Å². The molecule has 3 atom stereocenters. The number of rotatable bonds is 5. The zero-order valence-corrected chi connectivity index (χ0v) is 13.4. The van der Waals surface area contributed by atoms with Crippen LogP contribution in [0.25, 0.3) is 0 Å². The van der Waals surface area contributed by atoms with Crippen LogP contribution in [0, 0.1) is 18.8 Å². The maximum absolute atomic E-state index is 11.5. The number of carboxylic acid groups (broad SMARTS) is 1. The number of aryl methyl sites for hydroxylation is 1. The summed E-state index contributed by atoms with van der Waals surface area (Å²) < 4.78 is 0. The van der Waals surface area contributed by atoms with E-state index in [0.29, 0.717) is 5.92 Å². The first-order chi connectivity index (χ1) is 10.0. The largest absolute Gasteiger partial charge is 0.481 e. The van der Waals surface area contributed by atoms with Crippen LogP contribution in [0.2, 0.25) is 0 Å². The van der Waals surface area contributed by atoms with Crippen LogP contribution in [0.4, 0.5) is 0 Å². The quantitative estimate of drug-likeness (QED) is 0.898. The molecule has 1 aromatic carbocycles. The van der Waals surface area contributed by atoms with E-state index in [2.05, 4.69) is 50.1 Å². The van der Waals surface area contributed by atoms with Crippen LogP contribution in [0.15, 0.2) is 24.3 Å². The minimum Gasteiger partial charge on any atom is -0.481 e. The Balaban J connectivity index is 2.07. The molecule has 1 fully saturated rings. The fourth-order valence-corrected chi connectivity index (χ4v) is 3.48. The van der Waals surface area contributed by atoms with Gasteiger partial charge in [-0.3, -0.25) is 9.69 Å².